The monoisotopic (exact) mass is 289 g/mol. The zero-order valence-corrected chi connectivity index (χ0v) is 12.9. The number of nitrogens with one attached hydrogen (secondary N) is 1. The third kappa shape index (κ3) is 3.70. The third-order valence-electron chi connectivity index (χ3n) is 2.98. The number of nitrogens with zero attached hydrogens (tertiary/aromatic N) is 2. The van der Waals surface area contributed by atoms with E-state index in [1.807, 2.05) is 30.3 Å². The number of anilines is 1. The Bertz CT molecular complexity index is 582. The van der Waals surface area contributed by atoms with E-state index < -0.39 is 0 Å². The van der Waals surface area contributed by atoms with Gasteiger partial charge in [-0.05, 0) is 24.5 Å². The lowest BCUT2D eigenvalue weighted by molar-refractivity contribution is 0.816. The first-order valence-electron chi connectivity index (χ1n) is 6.99. The van der Waals surface area contributed by atoms with Crippen molar-refractivity contribution in [3.05, 3.63) is 41.0 Å². The van der Waals surface area contributed by atoms with Crippen LogP contribution in [0.15, 0.2) is 30.3 Å². The first kappa shape index (κ1) is 14.8. The molecule has 1 aromatic carbocycles. The number of hydrogen-bond donors (Lipinski definition) is 1. The molecule has 0 fully saturated rings. The predicted molar refractivity (Wildman–Crippen MR) is 85.3 cm³/mol. The molecule has 0 unspecified atom stereocenters. The van der Waals surface area contributed by atoms with Crippen LogP contribution in [0.5, 0.6) is 0 Å². The van der Waals surface area contributed by atoms with E-state index >= 15 is 0 Å². The fraction of sp³-hybridized carbons (Fsp3) is 0.375. The van der Waals surface area contributed by atoms with Crippen LogP contribution in [0, 0.1) is 0 Å². The second-order valence-electron chi connectivity index (χ2n) is 5.09. The molecule has 1 aromatic heterocycles. The van der Waals surface area contributed by atoms with Gasteiger partial charge in [0.15, 0.2) is 5.82 Å². The molecule has 0 saturated carbocycles. The Morgan fingerprint density at radius 3 is 2.65 bits per heavy atom. The van der Waals surface area contributed by atoms with Crippen molar-refractivity contribution in [3.63, 3.8) is 0 Å². The van der Waals surface area contributed by atoms with E-state index in [4.69, 9.17) is 11.6 Å². The Balaban J connectivity index is 2.43. The maximum absolute atomic E-state index is 6.05. The number of aromatic nitrogens is 2. The minimum atomic E-state index is 0.359. The van der Waals surface area contributed by atoms with Crippen molar-refractivity contribution < 1.29 is 0 Å². The van der Waals surface area contributed by atoms with Crippen LogP contribution in [0.2, 0.25) is 5.02 Å². The Labute approximate surface area is 125 Å². The highest BCUT2D eigenvalue weighted by atomic mass is 35.5. The zero-order chi connectivity index (χ0) is 14.5. The van der Waals surface area contributed by atoms with Crippen LogP contribution in [0.4, 0.5) is 5.82 Å². The van der Waals surface area contributed by atoms with Crippen LogP contribution >= 0.6 is 11.6 Å². The summed E-state index contributed by atoms with van der Waals surface area (Å²) in [4.78, 5) is 9.23. The zero-order valence-electron chi connectivity index (χ0n) is 12.2. The van der Waals surface area contributed by atoms with Gasteiger partial charge in [0.1, 0.15) is 5.82 Å². The van der Waals surface area contributed by atoms with Gasteiger partial charge in [-0.25, -0.2) is 9.97 Å². The van der Waals surface area contributed by atoms with Crippen molar-refractivity contribution >= 4 is 17.4 Å². The van der Waals surface area contributed by atoms with Crippen molar-refractivity contribution in [2.75, 3.05) is 11.9 Å². The van der Waals surface area contributed by atoms with Gasteiger partial charge >= 0.3 is 0 Å². The fourth-order valence-electron chi connectivity index (χ4n) is 1.86. The standard InChI is InChI=1S/C16H20ClN3/c1-4-8-18-15-10-14(11(2)3)19-16(20-15)12-6-5-7-13(17)9-12/h5-7,9-11H,4,8H2,1-3H3,(H,18,19,20). The van der Waals surface area contributed by atoms with Crippen LogP contribution in [-0.2, 0) is 0 Å². The lowest BCUT2D eigenvalue weighted by Crippen LogP contribution is -2.06. The lowest BCUT2D eigenvalue weighted by Gasteiger charge is -2.11. The smallest absolute Gasteiger partial charge is 0.161 e. The van der Waals surface area contributed by atoms with Gasteiger partial charge < -0.3 is 5.32 Å². The first-order chi connectivity index (χ1) is 9.60. The molecule has 2 rings (SSSR count). The Hall–Kier alpha value is -1.61. The van der Waals surface area contributed by atoms with Gasteiger partial charge in [-0.15, -0.1) is 0 Å². The number of halogens is 1. The van der Waals surface area contributed by atoms with Gasteiger partial charge in [-0.1, -0.05) is 44.5 Å². The summed E-state index contributed by atoms with van der Waals surface area (Å²) < 4.78 is 0. The van der Waals surface area contributed by atoms with E-state index in [1.165, 1.54) is 0 Å². The molecule has 1 N–H and O–H groups in total. The van der Waals surface area contributed by atoms with Crippen molar-refractivity contribution in [1.29, 1.82) is 0 Å². The molecular formula is C16H20ClN3. The summed E-state index contributed by atoms with van der Waals surface area (Å²) in [6, 6.07) is 9.67. The maximum atomic E-state index is 6.05. The molecule has 0 saturated heterocycles. The Kier molecular flexibility index (Phi) is 4.96. The van der Waals surface area contributed by atoms with Crippen LogP contribution in [0.3, 0.4) is 0 Å². The Morgan fingerprint density at radius 2 is 2.00 bits per heavy atom. The van der Waals surface area contributed by atoms with E-state index in [-0.39, 0.29) is 0 Å². The van der Waals surface area contributed by atoms with Gasteiger partial charge in [0.25, 0.3) is 0 Å². The van der Waals surface area contributed by atoms with Crippen molar-refractivity contribution in [2.45, 2.75) is 33.1 Å². The molecule has 0 atom stereocenters. The molecule has 0 aliphatic heterocycles. The average molecular weight is 290 g/mol. The molecule has 20 heavy (non-hydrogen) atoms. The van der Waals surface area contributed by atoms with E-state index in [0.29, 0.717) is 10.9 Å². The summed E-state index contributed by atoms with van der Waals surface area (Å²) in [5.74, 6) is 1.95. The van der Waals surface area contributed by atoms with Crippen LogP contribution in [-0.4, -0.2) is 16.5 Å². The highest BCUT2D eigenvalue weighted by molar-refractivity contribution is 6.30. The molecule has 4 heteroatoms. The highest BCUT2D eigenvalue weighted by Gasteiger charge is 2.09. The second kappa shape index (κ2) is 6.71. The summed E-state index contributed by atoms with van der Waals surface area (Å²) in [6.07, 6.45) is 1.06. The predicted octanol–water partition coefficient (Wildman–Crippen LogP) is 4.74. The van der Waals surface area contributed by atoms with Gasteiger partial charge in [0.2, 0.25) is 0 Å². The summed E-state index contributed by atoms with van der Waals surface area (Å²) >= 11 is 6.05. The minimum Gasteiger partial charge on any atom is -0.370 e. The van der Waals surface area contributed by atoms with E-state index in [2.05, 4.69) is 36.1 Å². The molecule has 106 valence electrons. The van der Waals surface area contributed by atoms with Crippen LogP contribution in [0.25, 0.3) is 11.4 Å². The highest BCUT2D eigenvalue weighted by Crippen LogP contribution is 2.23. The second-order valence-corrected chi connectivity index (χ2v) is 5.53. The van der Waals surface area contributed by atoms with Gasteiger partial charge in [0.05, 0.1) is 0 Å². The first-order valence-corrected chi connectivity index (χ1v) is 7.36. The van der Waals surface area contributed by atoms with Gasteiger partial charge in [0, 0.05) is 28.9 Å². The minimum absolute atomic E-state index is 0.359. The number of rotatable bonds is 5. The van der Waals surface area contributed by atoms with Crippen molar-refractivity contribution in [1.82, 2.24) is 9.97 Å². The fourth-order valence-corrected chi connectivity index (χ4v) is 2.05. The lowest BCUT2D eigenvalue weighted by atomic mass is 10.1. The quantitative estimate of drug-likeness (QED) is 0.864. The molecule has 0 radical (unpaired) electrons. The van der Waals surface area contributed by atoms with Crippen molar-refractivity contribution in [3.8, 4) is 11.4 Å². The summed E-state index contributed by atoms with van der Waals surface area (Å²) in [5.41, 5.74) is 1.98. The molecule has 0 bridgehead atoms. The molecule has 3 nitrogen and oxygen atoms in total. The number of hydrogen-bond acceptors (Lipinski definition) is 3. The molecule has 0 aliphatic rings. The molecule has 0 spiro atoms. The van der Waals surface area contributed by atoms with E-state index in [9.17, 15) is 0 Å². The molecule has 0 aliphatic carbocycles. The van der Waals surface area contributed by atoms with E-state index in [1.54, 1.807) is 0 Å². The van der Waals surface area contributed by atoms with Gasteiger partial charge in [-0.2, -0.15) is 0 Å². The van der Waals surface area contributed by atoms with Crippen LogP contribution < -0.4 is 5.32 Å². The summed E-state index contributed by atoms with van der Waals surface area (Å²) in [6.45, 7) is 7.31. The topological polar surface area (TPSA) is 37.8 Å². The molecule has 2 aromatic rings. The Morgan fingerprint density at radius 1 is 1.20 bits per heavy atom. The van der Waals surface area contributed by atoms with Gasteiger partial charge in [-0.3, -0.25) is 0 Å². The maximum Gasteiger partial charge on any atom is 0.161 e. The summed E-state index contributed by atoms with van der Waals surface area (Å²) in [7, 11) is 0. The molecular weight excluding hydrogens is 270 g/mol. The van der Waals surface area contributed by atoms with Crippen molar-refractivity contribution in [2.24, 2.45) is 0 Å². The normalized spacial score (nSPS) is 10.8. The average Bonchev–Trinajstić information content (AvgIpc) is 2.44. The number of benzene rings is 1. The van der Waals surface area contributed by atoms with E-state index in [0.717, 1.165) is 35.9 Å². The third-order valence-corrected chi connectivity index (χ3v) is 3.21. The molecule has 0 amide bonds. The van der Waals surface area contributed by atoms with Crippen LogP contribution in [0.1, 0.15) is 38.8 Å². The summed E-state index contributed by atoms with van der Waals surface area (Å²) in [5, 5.41) is 4.03. The SMILES string of the molecule is CCCNc1cc(C(C)C)nc(-c2cccc(Cl)c2)n1. The largest absolute Gasteiger partial charge is 0.370 e. The molecule has 1 heterocycles.